The Kier molecular flexibility index (Phi) is 5.70. The predicted octanol–water partition coefficient (Wildman–Crippen LogP) is 4.60. The number of aromatic hydroxyl groups is 6. The van der Waals surface area contributed by atoms with E-state index in [-0.39, 0.29) is 57.3 Å². The van der Waals surface area contributed by atoms with E-state index in [9.17, 15) is 40.5 Å². The normalized spacial score (nSPS) is 16.4. The minimum Gasteiger partial charge on any atom is -0.508 e. The summed E-state index contributed by atoms with van der Waals surface area (Å²) in [6.45, 7) is 0. The van der Waals surface area contributed by atoms with Crippen molar-refractivity contribution in [2.75, 3.05) is 0 Å². The molecule has 0 radical (unpaired) electrons. The molecule has 5 aromatic rings. The fourth-order valence-electron chi connectivity index (χ4n) is 5.01. The van der Waals surface area contributed by atoms with Gasteiger partial charge in [0.05, 0.1) is 11.7 Å². The Bertz CT molecular complexity index is 1760. The van der Waals surface area contributed by atoms with E-state index in [2.05, 4.69) is 0 Å². The molecule has 0 bridgehead atoms. The van der Waals surface area contributed by atoms with Gasteiger partial charge in [-0.1, -0.05) is 12.1 Å². The average molecular weight is 542 g/mol. The molecule has 10 nitrogen and oxygen atoms in total. The Hall–Kier alpha value is -5.35. The van der Waals surface area contributed by atoms with Gasteiger partial charge in [0.15, 0.2) is 11.3 Å². The number of aliphatic hydroxyl groups is 1. The minimum absolute atomic E-state index is 0.0132. The lowest BCUT2D eigenvalue weighted by Gasteiger charge is -2.31. The summed E-state index contributed by atoms with van der Waals surface area (Å²) in [5.74, 6) is -2.91. The SMILES string of the molecule is O=C(c1c(O)cc(O)cc1O)c1c(-c2ccc(O)cc2)oc2c(O)c3c(cc12)O[C@H](c1ccc(O)cc1)[C@@H](O)C3. The van der Waals surface area contributed by atoms with Gasteiger partial charge in [0.2, 0.25) is 5.78 Å². The summed E-state index contributed by atoms with van der Waals surface area (Å²) in [5.41, 5.74) is 0.428. The van der Waals surface area contributed by atoms with Gasteiger partial charge >= 0.3 is 0 Å². The first-order chi connectivity index (χ1) is 19.1. The zero-order valence-corrected chi connectivity index (χ0v) is 20.6. The van der Waals surface area contributed by atoms with E-state index >= 15 is 0 Å². The molecule has 7 N–H and O–H groups in total. The van der Waals surface area contributed by atoms with Crippen molar-refractivity contribution in [2.45, 2.75) is 18.6 Å². The van der Waals surface area contributed by atoms with Crippen molar-refractivity contribution in [1.29, 1.82) is 0 Å². The van der Waals surface area contributed by atoms with E-state index in [1.54, 1.807) is 12.1 Å². The second-order valence-corrected chi connectivity index (χ2v) is 9.52. The molecule has 10 heteroatoms. The molecule has 2 atom stereocenters. The third kappa shape index (κ3) is 3.98. The largest absolute Gasteiger partial charge is 0.508 e. The van der Waals surface area contributed by atoms with Crippen LogP contribution in [0.1, 0.15) is 33.2 Å². The number of carbonyl (C=O) groups excluding carboxylic acids is 1. The van der Waals surface area contributed by atoms with Crippen molar-refractivity contribution in [2.24, 2.45) is 0 Å². The van der Waals surface area contributed by atoms with Gasteiger partial charge < -0.3 is 44.9 Å². The summed E-state index contributed by atoms with van der Waals surface area (Å²) < 4.78 is 12.1. The first-order valence-electron chi connectivity index (χ1n) is 12.2. The van der Waals surface area contributed by atoms with Crippen LogP contribution < -0.4 is 4.74 Å². The number of benzene rings is 4. The Morgan fingerprint density at radius 1 is 0.750 bits per heavy atom. The van der Waals surface area contributed by atoms with E-state index in [4.69, 9.17) is 9.15 Å². The average Bonchev–Trinajstić information content (AvgIpc) is 3.29. The summed E-state index contributed by atoms with van der Waals surface area (Å²) in [6.07, 6.45) is -1.92. The maximum Gasteiger partial charge on any atom is 0.205 e. The maximum atomic E-state index is 13.9. The van der Waals surface area contributed by atoms with Crippen LogP contribution in [0.2, 0.25) is 0 Å². The van der Waals surface area contributed by atoms with Gasteiger partial charge in [0, 0.05) is 35.1 Å². The molecule has 40 heavy (non-hydrogen) atoms. The highest BCUT2D eigenvalue weighted by Crippen LogP contribution is 2.48. The Labute approximate surface area is 225 Å². The topological polar surface area (TPSA) is 181 Å². The maximum absolute atomic E-state index is 13.9. The van der Waals surface area contributed by atoms with E-state index in [0.717, 1.165) is 12.1 Å². The van der Waals surface area contributed by atoms with Crippen LogP contribution in [0.4, 0.5) is 0 Å². The van der Waals surface area contributed by atoms with Crippen LogP contribution in [-0.4, -0.2) is 47.6 Å². The molecule has 1 aliphatic rings. The van der Waals surface area contributed by atoms with Crippen molar-refractivity contribution >= 4 is 16.8 Å². The number of rotatable bonds is 4. The van der Waals surface area contributed by atoms with E-state index in [0.29, 0.717) is 11.1 Å². The monoisotopic (exact) mass is 542 g/mol. The van der Waals surface area contributed by atoms with Crippen molar-refractivity contribution < 1.29 is 49.7 Å². The van der Waals surface area contributed by atoms with Crippen LogP contribution >= 0.6 is 0 Å². The van der Waals surface area contributed by atoms with Crippen molar-refractivity contribution in [3.63, 3.8) is 0 Å². The third-order valence-corrected chi connectivity index (χ3v) is 6.92. The van der Waals surface area contributed by atoms with Crippen molar-refractivity contribution in [3.05, 3.63) is 89.0 Å². The van der Waals surface area contributed by atoms with E-state index in [1.807, 2.05) is 0 Å². The quantitative estimate of drug-likeness (QED) is 0.159. The highest BCUT2D eigenvalue weighted by molar-refractivity contribution is 6.22. The first-order valence-corrected chi connectivity index (χ1v) is 12.2. The molecular weight excluding hydrogens is 520 g/mol. The summed E-state index contributed by atoms with van der Waals surface area (Å²) in [5, 5.41) is 72.2. The fraction of sp³-hybridized carbons (Fsp3) is 0.100. The van der Waals surface area contributed by atoms with Gasteiger partial charge in [0.25, 0.3) is 0 Å². The summed E-state index contributed by atoms with van der Waals surface area (Å²) >= 11 is 0. The summed E-state index contributed by atoms with van der Waals surface area (Å²) in [6, 6.07) is 15.1. The number of ether oxygens (including phenoxy) is 1. The standard InChI is InChI=1S/C30H22O10/c31-15-5-1-13(2-6-15)28-22(36)11-18-23(39-28)12-19-24(27(38)25-20(34)9-17(33)10-21(25)35)29(40-30(19)26(18)37)14-3-7-16(32)8-4-14/h1-10,12,22,28,31-37H,11H2/t22-,28+/m0/s1. The molecule has 2 heterocycles. The molecule has 0 unspecified atom stereocenters. The molecular formula is C30H22O10. The molecule has 1 aromatic heterocycles. The minimum atomic E-state index is -1.06. The number of carbonyl (C=O) groups is 1. The lowest BCUT2D eigenvalue weighted by molar-refractivity contribution is 0.0201. The van der Waals surface area contributed by atoms with Crippen molar-refractivity contribution in [3.8, 4) is 51.6 Å². The molecule has 0 amide bonds. The number of furan rings is 1. The van der Waals surface area contributed by atoms with E-state index < -0.39 is 40.8 Å². The van der Waals surface area contributed by atoms with Crippen LogP contribution in [0.15, 0.2) is 71.1 Å². The summed E-state index contributed by atoms with van der Waals surface area (Å²) in [4.78, 5) is 13.9. The smallest absolute Gasteiger partial charge is 0.205 e. The zero-order valence-electron chi connectivity index (χ0n) is 20.6. The van der Waals surface area contributed by atoms with Gasteiger partial charge in [-0.15, -0.1) is 0 Å². The summed E-state index contributed by atoms with van der Waals surface area (Å²) in [7, 11) is 0. The number of hydrogen-bond acceptors (Lipinski definition) is 10. The second-order valence-electron chi connectivity index (χ2n) is 9.52. The van der Waals surface area contributed by atoms with Gasteiger partial charge in [-0.3, -0.25) is 4.79 Å². The van der Waals surface area contributed by atoms with Gasteiger partial charge in [0.1, 0.15) is 51.9 Å². The number of ketones is 1. The predicted molar refractivity (Wildman–Crippen MR) is 141 cm³/mol. The molecule has 6 rings (SSSR count). The van der Waals surface area contributed by atoms with Gasteiger partial charge in [-0.05, 0) is 48.0 Å². The van der Waals surface area contributed by atoms with Crippen LogP contribution in [0.3, 0.4) is 0 Å². The first kappa shape index (κ1) is 25.0. The lowest BCUT2D eigenvalue weighted by Crippen LogP contribution is -2.30. The molecule has 0 fully saturated rings. The molecule has 0 saturated heterocycles. The lowest BCUT2D eigenvalue weighted by atomic mass is 9.91. The third-order valence-electron chi connectivity index (χ3n) is 6.92. The fourth-order valence-corrected chi connectivity index (χ4v) is 5.01. The molecule has 0 saturated carbocycles. The molecule has 4 aromatic carbocycles. The van der Waals surface area contributed by atoms with Gasteiger partial charge in [-0.25, -0.2) is 0 Å². The van der Waals surface area contributed by atoms with Crippen LogP contribution in [-0.2, 0) is 6.42 Å². The number of aliphatic hydroxyl groups excluding tert-OH is 1. The molecule has 0 spiro atoms. The number of fused-ring (bicyclic) bond motifs is 2. The Morgan fingerprint density at radius 2 is 1.35 bits per heavy atom. The van der Waals surface area contributed by atoms with Crippen LogP contribution in [0.25, 0.3) is 22.3 Å². The molecule has 0 aliphatic carbocycles. The Morgan fingerprint density at radius 3 is 1.98 bits per heavy atom. The van der Waals surface area contributed by atoms with Gasteiger partial charge in [-0.2, -0.15) is 0 Å². The van der Waals surface area contributed by atoms with Crippen LogP contribution in [0.5, 0.6) is 40.2 Å². The highest BCUT2D eigenvalue weighted by Gasteiger charge is 2.36. The Balaban J connectivity index is 1.58. The zero-order chi connectivity index (χ0) is 28.3. The molecule has 202 valence electrons. The van der Waals surface area contributed by atoms with Crippen molar-refractivity contribution in [1.82, 2.24) is 0 Å². The second kappa shape index (κ2) is 9.14. The number of phenols is 6. The number of hydrogen-bond donors (Lipinski definition) is 7. The number of phenolic OH excluding ortho intramolecular Hbond substituents is 6. The molecule has 1 aliphatic heterocycles. The van der Waals surface area contributed by atoms with E-state index in [1.165, 1.54) is 42.5 Å². The van der Waals surface area contributed by atoms with Crippen LogP contribution in [0, 0.1) is 0 Å². The highest BCUT2D eigenvalue weighted by atomic mass is 16.5.